The zero-order chi connectivity index (χ0) is 45.2. The maximum absolute atomic E-state index is 13.2. The first-order valence-electron chi connectivity index (χ1n) is 25.5. The molecule has 3 atom stereocenters. The van der Waals surface area contributed by atoms with Crippen LogP contribution in [0.25, 0.3) is 0 Å². The molecule has 0 aliphatic carbocycles. The minimum absolute atomic E-state index is 0.0325. The average Bonchev–Trinajstić information content (AvgIpc) is 3.26. The van der Waals surface area contributed by atoms with Crippen LogP contribution < -0.4 is 5.32 Å². The Bertz CT molecular complexity index is 1240. The highest BCUT2D eigenvalue weighted by atomic mass is 16.5. The molecular formula is C56H95NO5. The zero-order valence-electron chi connectivity index (χ0n) is 40.2. The van der Waals surface area contributed by atoms with Crippen molar-refractivity contribution in [3.63, 3.8) is 0 Å². The lowest BCUT2D eigenvalue weighted by Gasteiger charge is -2.24. The van der Waals surface area contributed by atoms with Crippen LogP contribution in [-0.2, 0) is 14.3 Å². The highest BCUT2D eigenvalue weighted by Gasteiger charge is 2.23. The SMILES string of the molecule is CC/C=C/C=C/C=C\C=C/C=C/CC(CC(=O)NC(CO)C(O)CCCCCCCCCCCCCCCCC)OC(=O)CCCCCC/C=C\C/C=C\C/C=C\CCCCC. The molecule has 0 spiro atoms. The van der Waals surface area contributed by atoms with Crippen molar-refractivity contribution in [3.05, 3.63) is 97.2 Å². The molecular weight excluding hydrogens is 767 g/mol. The predicted molar refractivity (Wildman–Crippen MR) is 268 cm³/mol. The van der Waals surface area contributed by atoms with Gasteiger partial charge in [-0.05, 0) is 57.8 Å². The molecule has 3 N–H and O–H groups in total. The van der Waals surface area contributed by atoms with Gasteiger partial charge in [0, 0.05) is 12.8 Å². The predicted octanol–water partition coefficient (Wildman–Crippen LogP) is 15.3. The van der Waals surface area contributed by atoms with Gasteiger partial charge >= 0.3 is 5.97 Å². The van der Waals surface area contributed by atoms with E-state index in [0.717, 1.165) is 70.6 Å². The Balaban J connectivity index is 4.67. The highest BCUT2D eigenvalue weighted by molar-refractivity contribution is 5.77. The van der Waals surface area contributed by atoms with Crippen molar-refractivity contribution in [2.45, 2.75) is 238 Å². The first-order valence-corrected chi connectivity index (χ1v) is 25.5. The molecule has 0 bridgehead atoms. The van der Waals surface area contributed by atoms with E-state index in [-0.39, 0.29) is 24.9 Å². The second-order valence-corrected chi connectivity index (χ2v) is 17.0. The summed E-state index contributed by atoms with van der Waals surface area (Å²) in [5.74, 6) is -0.639. The van der Waals surface area contributed by atoms with Crippen LogP contribution in [0.1, 0.15) is 220 Å². The van der Waals surface area contributed by atoms with E-state index in [1.165, 1.54) is 103 Å². The Labute approximate surface area is 382 Å². The molecule has 0 fully saturated rings. The van der Waals surface area contributed by atoms with Gasteiger partial charge in [0.2, 0.25) is 5.91 Å². The number of aliphatic hydroxyl groups is 2. The summed E-state index contributed by atoms with van der Waals surface area (Å²) in [4.78, 5) is 26.0. The van der Waals surface area contributed by atoms with Crippen molar-refractivity contribution in [3.8, 4) is 0 Å². The van der Waals surface area contributed by atoms with Crippen LogP contribution in [-0.4, -0.2) is 46.9 Å². The Morgan fingerprint density at radius 1 is 0.516 bits per heavy atom. The number of allylic oxidation sites excluding steroid dienone is 15. The molecule has 0 aromatic rings. The van der Waals surface area contributed by atoms with Gasteiger partial charge in [-0.25, -0.2) is 0 Å². The maximum atomic E-state index is 13.2. The molecule has 0 aromatic carbocycles. The van der Waals surface area contributed by atoms with Crippen LogP contribution in [0.4, 0.5) is 0 Å². The summed E-state index contributed by atoms with van der Waals surface area (Å²) in [7, 11) is 0. The monoisotopic (exact) mass is 862 g/mol. The Morgan fingerprint density at radius 2 is 0.952 bits per heavy atom. The van der Waals surface area contributed by atoms with Gasteiger partial charge in [0.15, 0.2) is 0 Å². The van der Waals surface area contributed by atoms with E-state index in [1.54, 1.807) is 0 Å². The molecule has 0 aliphatic rings. The second kappa shape index (κ2) is 48.8. The number of amides is 1. The first-order chi connectivity index (χ1) is 30.5. The molecule has 0 radical (unpaired) electrons. The number of carbonyl (C=O) groups is 2. The van der Waals surface area contributed by atoms with Gasteiger partial charge in [-0.3, -0.25) is 9.59 Å². The summed E-state index contributed by atoms with van der Waals surface area (Å²) in [6, 6.07) is -0.749. The van der Waals surface area contributed by atoms with Crippen molar-refractivity contribution in [1.82, 2.24) is 5.32 Å². The van der Waals surface area contributed by atoms with Crippen molar-refractivity contribution in [1.29, 1.82) is 0 Å². The van der Waals surface area contributed by atoms with E-state index in [9.17, 15) is 19.8 Å². The average molecular weight is 862 g/mol. The summed E-state index contributed by atoms with van der Waals surface area (Å²) in [5, 5.41) is 23.7. The summed E-state index contributed by atoms with van der Waals surface area (Å²) in [6.07, 6.45) is 64.9. The molecule has 62 heavy (non-hydrogen) atoms. The molecule has 0 aromatic heterocycles. The summed E-state index contributed by atoms with van der Waals surface area (Å²) in [6.45, 7) is 6.26. The third kappa shape index (κ3) is 43.4. The highest BCUT2D eigenvalue weighted by Crippen LogP contribution is 2.16. The fourth-order valence-electron chi connectivity index (χ4n) is 7.16. The molecule has 3 unspecified atom stereocenters. The van der Waals surface area contributed by atoms with Crippen LogP contribution in [0.5, 0.6) is 0 Å². The number of esters is 1. The van der Waals surface area contributed by atoms with Gasteiger partial charge in [0.05, 0.1) is 25.2 Å². The summed E-state index contributed by atoms with van der Waals surface area (Å²) < 4.78 is 5.83. The Hall–Kier alpha value is -3.22. The minimum atomic E-state index is -0.827. The first kappa shape index (κ1) is 58.8. The molecule has 0 rings (SSSR count). The van der Waals surface area contributed by atoms with Crippen molar-refractivity contribution < 1.29 is 24.5 Å². The number of hydrogen-bond acceptors (Lipinski definition) is 5. The molecule has 6 nitrogen and oxygen atoms in total. The lowest BCUT2D eigenvalue weighted by molar-refractivity contribution is -0.150. The van der Waals surface area contributed by atoms with Gasteiger partial charge in [0.1, 0.15) is 6.10 Å². The van der Waals surface area contributed by atoms with Crippen LogP contribution in [0.15, 0.2) is 97.2 Å². The van der Waals surface area contributed by atoms with Gasteiger partial charge in [-0.15, -0.1) is 0 Å². The lowest BCUT2D eigenvalue weighted by atomic mass is 10.0. The number of ether oxygens (including phenoxy) is 1. The van der Waals surface area contributed by atoms with Crippen molar-refractivity contribution in [2.75, 3.05) is 6.61 Å². The molecule has 0 saturated carbocycles. The van der Waals surface area contributed by atoms with Crippen molar-refractivity contribution in [2.24, 2.45) is 0 Å². The fourth-order valence-corrected chi connectivity index (χ4v) is 7.16. The van der Waals surface area contributed by atoms with Crippen molar-refractivity contribution >= 4 is 11.9 Å². The molecule has 0 aliphatic heterocycles. The summed E-state index contributed by atoms with van der Waals surface area (Å²) in [5.41, 5.74) is 0. The second-order valence-electron chi connectivity index (χ2n) is 17.0. The third-order valence-corrected chi connectivity index (χ3v) is 11.0. The van der Waals surface area contributed by atoms with Crippen LogP contribution in [0.3, 0.4) is 0 Å². The smallest absolute Gasteiger partial charge is 0.306 e. The normalized spacial score (nSPS) is 14.1. The molecule has 1 amide bonds. The van der Waals surface area contributed by atoms with Gasteiger partial charge in [0.25, 0.3) is 0 Å². The molecule has 0 saturated heterocycles. The van der Waals surface area contributed by atoms with E-state index in [1.807, 2.05) is 54.7 Å². The molecule has 0 heterocycles. The van der Waals surface area contributed by atoms with Crippen LogP contribution in [0, 0.1) is 0 Å². The van der Waals surface area contributed by atoms with E-state index in [4.69, 9.17) is 4.74 Å². The molecule has 6 heteroatoms. The van der Waals surface area contributed by atoms with E-state index in [2.05, 4.69) is 68.6 Å². The minimum Gasteiger partial charge on any atom is -0.461 e. The number of hydrogen-bond donors (Lipinski definition) is 3. The van der Waals surface area contributed by atoms with E-state index in [0.29, 0.717) is 19.3 Å². The Morgan fingerprint density at radius 3 is 1.48 bits per heavy atom. The van der Waals surface area contributed by atoms with Crippen LogP contribution in [0.2, 0.25) is 0 Å². The lowest BCUT2D eigenvalue weighted by Crippen LogP contribution is -2.46. The van der Waals surface area contributed by atoms with E-state index >= 15 is 0 Å². The van der Waals surface area contributed by atoms with Gasteiger partial charge in [-0.2, -0.15) is 0 Å². The Kier molecular flexibility index (Phi) is 46.3. The fraction of sp³-hybridized carbons (Fsp3) is 0.679. The molecule has 354 valence electrons. The van der Waals surface area contributed by atoms with E-state index < -0.39 is 18.2 Å². The quantitative estimate of drug-likeness (QED) is 0.0245. The largest absolute Gasteiger partial charge is 0.461 e. The van der Waals surface area contributed by atoms with Gasteiger partial charge in [-0.1, -0.05) is 240 Å². The standard InChI is InChI=1S/C56H95NO5/c1-4-7-10-13-16-19-22-24-26-27-29-31-34-37-40-43-46-49-56(61)62-52(47-44-41-38-35-32-21-18-15-12-9-6-3)50-55(60)57-53(51-58)54(59)48-45-42-39-36-33-30-28-25-23-20-17-14-11-8-5-2/h9,12,15-16,18-19,21,24,26,29,31-32,35,38,41,44,52-54,58-59H,4-8,10-11,13-14,17,20,22-23,25,27-28,30,33-34,36-37,39-40,42-43,45-51H2,1-3H3,(H,57,60)/b12-9+,18-15+,19-16-,26-24-,31-29-,32-21-,38-35-,44-41+. The topological polar surface area (TPSA) is 95.9 Å². The number of rotatable bonds is 44. The van der Waals surface area contributed by atoms with Gasteiger partial charge < -0.3 is 20.3 Å². The third-order valence-electron chi connectivity index (χ3n) is 11.0. The van der Waals surface area contributed by atoms with Crippen LogP contribution >= 0.6 is 0 Å². The zero-order valence-corrected chi connectivity index (χ0v) is 40.2. The number of nitrogens with one attached hydrogen (secondary N) is 1. The summed E-state index contributed by atoms with van der Waals surface area (Å²) >= 11 is 0. The number of aliphatic hydroxyl groups excluding tert-OH is 2. The maximum Gasteiger partial charge on any atom is 0.306 e. The number of unbranched alkanes of at least 4 members (excludes halogenated alkanes) is 21. The number of carbonyl (C=O) groups excluding carboxylic acids is 2.